The lowest BCUT2D eigenvalue weighted by molar-refractivity contribution is 0.371. The zero-order chi connectivity index (χ0) is 11.1. The highest BCUT2D eigenvalue weighted by molar-refractivity contribution is 5.43. The highest BCUT2D eigenvalue weighted by Gasteiger charge is 2.41. The number of nitrogens with one attached hydrogen (secondary N) is 1. The number of nitrogens with zero attached hydrogens (tertiary/aromatic N) is 3. The van der Waals surface area contributed by atoms with Crippen LogP contribution in [0.4, 0.5) is 5.82 Å². The van der Waals surface area contributed by atoms with Gasteiger partial charge in [-0.15, -0.1) is 0 Å². The van der Waals surface area contributed by atoms with Gasteiger partial charge in [0.2, 0.25) is 0 Å². The zero-order valence-electron chi connectivity index (χ0n) is 10.1. The van der Waals surface area contributed by atoms with E-state index in [2.05, 4.69) is 28.4 Å². The van der Waals surface area contributed by atoms with Crippen molar-refractivity contribution >= 4 is 5.82 Å². The first-order valence-electron chi connectivity index (χ1n) is 6.23. The van der Waals surface area contributed by atoms with Gasteiger partial charge in [0.25, 0.3) is 0 Å². The molecule has 0 spiro atoms. The molecule has 1 aromatic heterocycles. The molecule has 3 heterocycles. The molecular formula is C12H20N4. The Labute approximate surface area is 96.6 Å². The lowest BCUT2D eigenvalue weighted by atomic mass is 9.97. The molecule has 88 valence electrons. The molecule has 4 nitrogen and oxygen atoms in total. The van der Waals surface area contributed by atoms with Crippen LogP contribution in [0.15, 0.2) is 12.3 Å². The molecule has 2 aliphatic heterocycles. The monoisotopic (exact) mass is 220 g/mol. The van der Waals surface area contributed by atoms with E-state index in [9.17, 15) is 0 Å². The molecule has 2 bridgehead atoms. The summed E-state index contributed by atoms with van der Waals surface area (Å²) in [6.07, 6.45) is 7.24. The van der Waals surface area contributed by atoms with Crippen molar-refractivity contribution in [1.29, 1.82) is 0 Å². The molecular weight excluding hydrogens is 200 g/mol. The number of hydrogen-bond donors (Lipinski definition) is 1. The summed E-state index contributed by atoms with van der Waals surface area (Å²) < 4.78 is 1.90. The lowest BCUT2D eigenvalue weighted by Gasteiger charge is -2.39. The number of aryl methyl sites for hydroxylation is 1. The van der Waals surface area contributed by atoms with Crippen molar-refractivity contribution in [3.63, 3.8) is 0 Å². The van der Waals surface area contributed by atoms with Crippen molar-refractivity contribution in [3.8, 4) is 0 Å². The molecule has 2 unspecified atom stereocenters. The van der Waals surface area contributed by atoms with Crippen LogP contribution in [-0.4, -0.2) is 35.0 Å². The summed E-state index contributed by atoms with van der Waals surface area (Å²) in [5.74, 6) is 1.17. The number of rotatable bonds is 2. The van der Waals surface area contributed by atoms with Crippen LogP contribution in [-0.2, 0) is 7.05 Å². The maximum absolute atomic E-state index is 4.55. The topological polar surface area (TPSA) is 33.1 Å². The molecule has 3 rings (SSSR count). The predicted molar refractivity (Wildman–Crippen MR) is 64.6 cm³/mol. The number of anilines is 1. The zero-order valence-corrected chi connectivity index (χ0v) is 10.1. The Bertz CT molecular complexity index is 359. The summed E-state index contributed by atoms with van der Waals surface area (Å²) >= 11 is 0. The van der Waals surface area contributed by atoms with E-state index in [1.165, 1.54) is 31.5 Å². The SMILES string of the molecule is CNC1CC2CCC(C1)N2c1ccn(C)n1. The molecule has 2 saturated heterocycles. The Morgan fingerprint density at radius 3 is 2.50 bits per heavy atom. The van der Waals surface area contributed by atoms with Crippen molar-refractivity contribution < 1.29 is 0 Å². The van der Waals surface area contributed by atoms with Crippen LogP contribution in [0.5, 0.6) is 0 Å². The fourth-order valence-corrected chi connectivity index (χ4v) is 3.33. The number of aromatic nitrogens is 2. The fraction of sp³-hybridized carbons (Fsp3) is 0.750. The van der Waals surface area contributed by atoms with Gasteiger partial charge in [-0.2, -0.15) is 5.10 Å². The first kappa shape index (κ1) is 10.1. The molecule has 0 amide bonds. The minimum Gasteiger partial charge on any atom is -0.349 e. The predicted octanol–water partition coefficient (Wildman–Crippen LogP) is 1.14. The maximum atomic E-state index is 4.55. The van der Waals surface area contributed by atoms with Gasteiger partial charge in [0.15, 0.2) is 5.82 Å². The van der Waals surface area contributed by atoms with E-state index in [0.717, 1.165) is 0 Å². The largest absolute Gasteiger partial charge is 0.349 e. The number of fused-ring (bicyclic) bond motifs is 2. The molecule has 0 aliphatic carbocycles. The van der Waals surface area contributed by atoms with Crippen LogP contribution in [0.3, 0.4) is 0 Å². The van der Waals surface area contributed by atoms with E-state index in [1.54, 1.807) is 0 Å². The Hall–Kier alpha value is -1.03. The molecule has 0 radical (unpaired) electrons. The van der Waals surface area contributed by atoms with Crippen molar-refractivity contribution in [1.82, 2.24) is 15.1 Å². The van der Waals surface area contributed by atoms with Gasteiger partial charge < -0.3 is 10.2 Å². The normalized spacial score (nSPS) is 33.4. The third kappa shape index (κ3) is 1.52. The van der Waals surface area contributed by atoms with E-state index in [1.807, 2.05) is 17.9 Å². The van der Waals surface area contributed by atoms with Gasteiger partial charge >= 0.3 is 0 Å². The smallest absolute Gasteiger partial charge is 0.151 e. The van der Waals surface area contributed by atoms with Crippen LogP contribution in [0.1, 0.15) is 25.7 Å². The molecule has 2 atom stereocenters. The van der Waals surface area contributed by atoms with Crippen molar-refractivity contribution in [3.05, 3.63) is 12.3 Å². The summed E-state index contributed by atoms with van der Waals surface area (Å²) in [6.45, 7) is 0. The lowest BCUT2D eigenvalue weighted by Crippen LogP contribution is -2.48. The molecule has 0 saturated carbocycles. The van der Waals surface area contributed by atoms with Gasteiger partial charge in [-0.1, -0.05) is 0 Å². The van der Waals surface area contributed by atoms with Crippen molar-refractivity contribution in [2.45, 2.75) is 43.8 Å². The Morgan fingerprint density at radius 2 is 2.00 bits per heavy atom. The van der Waals surface area contributed by atoms with Crippen LogP contribution < -0.4 is 10.2 Å². The summed E-state index contributed by atoms with van der Waals surface area (Å²) in [6, 6.07) is 4.25. The van der Waals surface area contributed by atoms with Crippen LogP contribution in [0.2, 0.25) is 0 Å². The maximum Gasteiger partial charge on any atom is 0.151 e. The van der Waals surface area contributed by atoms with Gasteiger partial charge in [-0.05, 0) is 32.7 Å². The minimum absolute atomic E-state index is 0.700. The summed E-state index contributed by atoms with van der Waals surface area (Å²) in [7, 11) is 4.08. The van der Waals surface area contributed by atoms with E-state index in [4.69, 9.17) is 0 Å². The van der Waals surface area contributed by atoms with Gasteiger partial charge in [0, 0.05) is 37.4 Å². The summed E-state index contributed by atoms with van der Waals surface area (Å²) in [4.78, 5) is 2.55. The average molecular weight is 220 g/mol. The van der Waals surface area contributed by atoms with Crippen LogP contribution in [0.25, 0.3) is 0 Å². The number of hydrogen-bond acceptors (Lipinski definition) is 3. The van der Waals surface area contributed by atoms with Gasteiger partial charge in [-0.3, -0.25) is 4.68 Å². The Morgan fingerprint density at radius 1 is 1.31 bits per heavy atom. The second-order valence-electron chi connectivity index (χ2n) is 5.10. The van der Waals surface area contributed by atoms with Crippen LogP contribution in [0, 0.1) is 0 Å². The highest BCUT2D eigenvalue weighted by Crippen LogP contribution is 2.38. The first-order chi connectivity index (χ1) is 7.78. The molecule has 2 aliphatic rings. The minimum atomic E-state index is 0.700. The van der Waals surface area contributed by atoms with E-state index in [0.29, 0.717) is 18.1 Å². The summed E-state index contributed by atoms with van der Waals surface area (Å²) in [5.41, 5.74) is 0. The highest BCUT2D eigenvalue weighted by atomic mass is 15.4. The number of piperidine rings is 1. The molecule has 1 N–H and O–H groups in total. The Kier molecular flexibility index (Phi) is 2.39. The van der Waals surface area contributed by atoms with Crippen LogP contribution >= 0.6 is 0 Å². The standard InChI is InChI=1S/C12H20N4/c1-13-9-7-10-3-4-11(8-9)16(10)12-5-6-15(2)14-12/h5-6,9-11,13H,3-4,7-8H2,1-2H3. The quantitative estimate of drug-likeness (QED) is 0.811. The molecule has 16 heavy (non-hydrogen) atoms. The van der Waals surface area contributed by atoms with E-state index in [-0.39, 0.29) is 0 Å². The summed E-state index contributed by atoms with van der Waals surface area (Å²) in [5, 5.41) is 7.98. The molecule has 2 fully saturated rings. The van der Waals surface area contributed by atoms with E-state index < -0.39 is 0 Å². The molecule has 0 aromatic carbocycles. The second-order valence-corrected chi connectivity index (χ2v) is 5.10. The third-order valence-corrected chi connectivity index (χ3v) is 4.11. The fourth-order valence-electron chi connectivity index (χ4n) is 3.33. The van der Waals surface area contributed by atoms with Crippen molar-refractivity contribution in [2.75, 3.05) is 11.9 Å². The third-order valence-electron chi connectivity index (χ3n) is 4.11. The Balaban J connectivity index is 1.83. The van der Waals surface area contributed by atoms with Crippen molar-refractivity contribution in [2.24, 2.45) is 7.05 Å². The first-order valence-corrected chi connectivity index (χ1v) is 6.23. The van der Waals surface area contributed by atoms with Gasteiger partial charge in [0.05, 0.1) is 0 Å². The van der Waals surface area contributed by atoms with Gasteiger partial charge in [-0.25, -0.2) is 0 Å². The van der Waals surface area contributed by atoms with Gasteiger partial charge in [0.1, 0.15) is 0 Å². The molecule has 1 aromatic rings. The molecule has 4 heteroatoms. The second kappa shape index (κ2) is 3.77. The average Bonchev–Trinajstić information content (AvgIpc) is 2.80. The van der Waals surface area contributed by atoms with E-state index >= 15 is 0 Å².